The fourth-order valence-electron chi connectivity index (χ4n) is 3.49. The lowest BCUT2D eigenvalue weighted by molar-refractivity contribution is 0.216. The van der Waals surface area contributed by atoms with Gasteiger partial charge in [-0.2, -0.15) is 0 Å². The van der Waals surface area contributed by atoms with E-state index in [-0.39, 0.29) is 0 Å². The van der Waals surface area contributed by atoms with Crippen molar-refractivity contribution in [2.45, 2.75) is 26.1 Å². The SMILES string of the molecule is C[C@H](c1cccc2ccccc12)N1Cc2ccc(O)cc2C1. The van der Waals surface area contributed by atoms with Crippen LogP contribution in [-0.4, -0.2) is 10.0 Å². The van der Waals surface area contributed by atoms with Crippen molar-refractivity contribution in [1.29, 1.82) is 0 Å². The molecule has 3 aromatic rings. The Balaban J connectivity index is 1.69. The molecule has 2 nitrogen and oxygen atoms in total. The second kappa shape index (κ2) is 5.15. The van der Waals surface area contributed by atoms with Gasteiger partial charge in [0.25, 0.3) is 0 Å². The Labute approximate surface area is 130 Å². The number of hydrogen-bond donors (Lipinski definition) is 1. The molecule has 1 atom stereocenters. The Morgan fingerprint density at radius 2 is 1.68 bits per heavy atom. The molecule has 2 heteroatoms. The van der Waals surface area contributed by atoms with Gasteiger partial charge in [-0.25, -0.2) is 0 Å². The average molecular weight is 289 g/mol. The highest BCUT2D eigenvalue weighted by Gasteiger charge is 2.25. The molecular formula is C20H19NO. The molecule has 0 amide bonds. The van der Waals surface area contributed by atoms with Crippen molar-refractivity contribution in [2.24, 2.45) is 0 Å². The van der Waals surface area contributed by atoms with Crippen molar-refractivity contribution in [3.05, 3.63) is 77.4 Å². The maximum Gasteiger partial charge on any atom is 0.115 e. The molecule has 110 valence electrons. The number of rotatable bonds is 2. The van der Waals surface area contributed by atoms with Crippen LogP contribution in [0.4, 0.5) is 0 Å². The van der Waals surface area contributed by atoms with E-state index in [0.29, 0.717) is 11.8 Å². The first-order valence-electron chi connectivity index (χ1n) is 7.75. The normalized spacial score (nSPS) is 15.9. The van der Waals surface area contributed by atoms with Crippen LogP contribution < -0.4 is 0 Å². The monoisotopic (exact) mass is 289 g/mol. The maximum absolute atomic E-state index is 9.66. The van der Waals surface area contributed by atoms with Gasteiger partial charge in [0.1, 0.15) is 5.75 Å². The number of aromatic hydroxyl groups is 1. The van der Waals surface area contributed by atoms with Crippen LogP contribution in [0.2, 0.25) is 0 Å². The topological polar surface area (TPSA) is 23.5 Å². The number of fused-ring (bicyclic) bond motifs is 2. The number of phenols is 1. The molecule has 0 unspecified atom stereocenters. The van der Waals surface area contributed by atoms with E-state index < -0.39 is 0 Å². The van der Waals surface area contributed by atoms with Crippen molar-refractivity contribution in [3.8, 4) is 5.75 Å². The molecule has 22 heavy (non-hydrogen) atoms. The minimum atomic E-state index is 0.348. The lowest BCUT2D eigenvalue weighted by Gasteiger charge is -2.25. The van der Waals surface area contributed by atoms with E-state index in [1.807, 2.05) is 12.1 Å². The van der Waals surface area contributed by atoms with E-state index in [9.17, 15) is 5.11 Å². The van der Waals surface area contributed by atoms with Gasteiger partial charge in [0.2, 0.25) is 0 Å². The minimum Gasteiger partial charge on any atom is -0.508 e. The summed E-state index contributed by atoms with van der Waals surface area (Å²) in [6, 6.07) is 21.2. The molecule has 0 aromatic heterocycles. The first-order valence-corrected chi connectivity index (χ1v) is 7.75. The van der Waals surface area contributed by atoms with Gasteiger partial charge in [-0.05, 0) is 46.5 Å². The summed E-state index contributed by atoms with van der Waals surface area (Å²) in [6.07, 6.45) is 0. The third-order valence-corrected chi connectivity index (χ3v) is 4.76. The molecule has 0 aliphatic carbocycles. The van der Waals surface area contributed by atoms with Crippen LogP contribution in [-0.2, 0) is 13.1 Å². The van der Waals surface area contributed by atoms with Gasteiger partial charge >= 0.3 is 0 Å². The molecular weight excluding hydrogens is 270 g/mol. The average Bonchev–Trinajstić information content (AvgIpc) is 2.96. The number of benzene rings is 3. The van der Waals surface area contributed by atoms with Crippen LogP contribution in [0, 0.1) is 0 Å². The van der Waals surface area contributed by atoms with Crippen molar-refractivity contribution < 1.29 is 5.11 Å². The Bertz CT molecular complexity index is 835. The standard InChI is InChI=1S/C20H19NO/c1-14(19-8-4-6-15-5-2-3-7-20(15)19)21-12-16-9-10-18(22)11-17(16)13-21/h2-11,14,22H,12-13H2,1H3/t14-/m1/s1. The molecule has 0 fully saturated rings. The van der Waals surface area contributed by atoms with Crippen molar-refractivity contribution >= 4 is 10.8 Å². The highest BCUT2D eigenvalue weighted by atomic mass is 16.3. The van der Waals surface area contributed by atoms with Gasteiger partial charge in [-0.3, -0.25) is 4.90 Å². The summed E-state index contributed by atoms with van der Waals surface area (Å²) in [5.41, 5.74) is 3.94. The lowest BCUT2D eigenvalue weighted by Crippen LogP contribution is -2.20. The first-order chi connectivity index (χ1) is 10.7. The van der Waals surface area contributed by atoms with E-state index in [2.05, 4.69) is 54.3 Å². The summed E-state index contributed by atoms with van der Waals surface area (Å²) in [5, 5.41) is 12.3. The molecule has 4 rings (SSSR count). The number of hydrogen-bond acceptors (Lipinski definition) is 2. The van der Waals surface area contributed by atoms with Gasteiger partial charge in [0.05, 0.1) is 0 Å². The summed E-state index contributed by atoms with van der Waals surface area (Å²) in [5.74, 6) is 0.360. The largest absolute Gasteiger partial charge is 0.508 e. The molecule has 0 spiro atoms. The van der Waals surface area contributed by atoms with Gasteiger partial charge in [0.15, 0.2) is 0 Å². The van der Waals surface area contributed by atoms with Crippen LogP contribution in [0.1, 0.15) is 29.7 Å². The Kier molecular flexibility index (Phi) is 3.12. The van der Waals surface area contributed by atoms with E-state index in [4.69, 9.17) is 0 Å². The Morgan fingerprint density at radius 3 is 2.59 bits per heavy atom. The fraction of sp³-hybridized carbons (Fsp3) is 0.200. The zero-order valence-corrected chi connectivity index (χ0v) is 12.7. The van der Waals surface area contributed by atoms with Crippen LogP contribution in [0.15, 0.2) is 60.7 Å². The maximum atomic E-state index is 9.66. The van der Waals surface area contributed by atoms with E-state index in [1.54, 1.807) is 6.07 Å². The second-order valence-electron chi connectivity index (χ2n) is 6.10. The van der Waals surface area contributed by atoms with Crippen LogP contribution in [0.25, 0.3) is 10.8 Å². The number of nitrogens with zero attached hydrogens (tertiary/aromatic N) is 1. The van der Waals surface area contributed by atoms with Crippen molar-refractivity contribution in [2.75, 3.05) is 0 Å². The predicted octanol–water partition coefficient (Wildman–Crippen LogP) is 4.62. The quantitative estimate of drug-likeness (QED) is 0.744. The third-order valence-electron chi connectivity index (χ3n) is 4.76. The third kappa shape index (κ3) is 2.16. The van der Waals surface area contributed by atoms with Gasteiger partial charge in [-0.15, -0.1) is 0 Å². The smallest absolute Gasteiger partial charge is 0.115 e. The summed E-state index contributed by atoms with van der Waals surface area (Å²) in [7, 11) is 0. The second-order valence-corrected chi connectivity index (χ2v) is 6.10. The van der Waals surface area contributed by atoms with Crippen LogP contribution in [0.3, 0.4) is 0 Å². The molecule has 0 radical (unpaired) electrons. The highest BCUT2D eigenvalue weighted by Crippen LogP contribution is 2.35. The molecule has 1 aliphatic heterocycles. The molecule has 1 aliphatic rings. The van der Waals surface area contributed by atoms with Crippen molar-refractivity contribution in [1.82, 2.24) is 4.90 Å². The highest BCUT2D eigenvalue weighted by molar-refractivity contribution is 5.86. The molecule has 0 bridgehead atoms. The van der Waals surface area contributed by atoms with Crippen LogP contribution in [0.5, 0.6) is 5.75 Å². The fourth-order valence-corrected chi connectivity index (χ4v) is 3.49. The van der Waals surface area contributed by atoms with Gasteiger partial charge < -0.3 is 5.11 Å². The van der Waals surface area contributed by atoms with E-state index >= 15 is 0 Å². The lowest BCUT2D eigenvalue weighted by atomic mass is 9.99. The molecule has 3 aromatic carbocycles. The predicted molar refractivity (Wildman–Crippen MR) is 89.7 cm³/mol. The number of phenolic OH excluding ortho intramolecular Hbond substituents is 1. The van der Waals surface area contributed by atoms with E-state index in [0.717, 1.165) is 13.1 Å². The molecule has 0 saturated heterocycles. The van der Waals surface area contributed by atoms with Crippen LogP contribution >= 0.6 is 0 Å². The zero-order chi connectivity index (χ0) is 15.1. The summed E-state index contributed by atoms with van der Waals surface area (Å²) in [4.78, 5) is 2.46. The summed E-state index contributed by atoms with van der Waals surface area (Å²) >= 11 is 0. The summed E-state index contributed by atoms with van der Waals surface area (Å²) in [6.45, 7) is 4.11. The molecule has 1 heterocycles. The first kappa shape index (κ1) is 13.4. The van der Waals surface area contributed by atoms with E-state index in [1.165, 1.54) is 27.5 Å². The Morgan fingerprint density at radius 1 is 0.909 bits per heavy atom. The Hall–Kier alpha value is -2.32. The molecule has 1 N–H and O–H groups in total. The minimum absolute atomic E-state index is 0.348. The molecule has 0 saturated carbocycles. The summed E-state index contributed by atoms with van der Waals surface area (Å²) < 4.78 is 0. The van der Waals surface area contributed by atoms with Gasteiger partial charge in [-0.1, -0.05) is 48.5 Å². The zero-order valence-electron chi connectivity index (χ0n) is 12.7. The van der Waals surface area contributed by atoms with Crippen molar-refractivity contribution in [3.63, 3.8) is 0 Å². The van der Waals surface area contributed by atoms with Gasteiger partial charge in [0, 0.05) is 19.1 Å².